The van der Waals surface area contributed by atoms with E-state index < -0.39 is 0 Å². The third-order valence-corrected chi connectivity index (χ3v) is 5.54. The third kappa shape index (κ3) is 3.85. The number of carbonyl (C=O) groups is 2. The van der Waals surface area contributed by atoms with Crippen LogP contribution in [0.3, 0.4) is 0 Å². The van der Waals surface area contributed by atoms with Crippen molar-refractivity contribution in [3.05, 3.63) is 66.1 Å². The van der Waals surface area contributed by atoms with Gasteiger partial charge in [-0.3, -0.25) is 14.6 Å². The molecule has 154 valence electrons. The van der Waals surface area contributed by atoms with E-state index in [-0.39, 0.29) is 24.0 Å². The molecule has 0 radical (unpaired) electrons. The molecular weight excluding hydrogens is 376 g/mol. The predicted molar refractivity (Wildman–Crippen MR) is 118 cm³/mol. The van der Waals surface area contributed by atoms with Crippen LogP contribution in [0.25, 0.3) is 11.3 Å². The maximum absolute atomic E-state index is 13.2. The summed E-state index contributed by atoms with van der Waals surface area (Å²) in [5, 5.41) is 3.43. The second kappa shape index (κ2) is 8.53. The normalized spacial score (nSPS) is 15.5. The van der Waals surface area contributed by atoms with Crippen LogP contribution in [0, 0.1) is 5.92 Å². The Balaban J connectivity index is 1.74. The lowest BCUT2D eigenvalue weighted by Gasteiger charge is -2.26. The zero-order valence-corrected chi connectivity index (χ0v) is 17.3. The number of H-pyrrole nitrogens is 1. The molecule has 2 heterocycles. The van der Waals surface area contributed by atoms with E-state index in [2.05, 4.69) is 15.3 Å². The number of hydrogen-bond donors (Lipinski definition) is 2. The Kier molecular flexibility index (Phi) is 5.65. The lowest BCUT2D eigenvalue weighted by Crippen LogP contribution is -2.37. The van der Waals surface area contributed by atoms with Crippen LogP contribution in [-0.4, -0.2) is 40.2 Å². The first-order chi connectivity index (χ1) is 14.6. The Hall–Kier alpha value is -3.41. The Morgan fingerprint density at radius 3 is 2.60 bits per heavy atom. The molecule has 1 amide bonds. The number of hydrogen-bond acceptors (Lipinski definition) is 4. The molecule has 2 N–H and O–H groups in total. The minimum absolute atomic E-state index is 0.00511. The molecular formula is C24H26N4O2. The first kappa shape index (κ1) is 19.9. The van der Waals surface area contributed by atoms with Gasteiger partial charge in [-0.1, -0.05) is 25.1 Å². The molecule has 2 aromatic heterocycles. The second-order valence-corrected chi connectivity index (χ2v) is 7.74. The summed E-state index contributed by atoms with van der Waals surface area (Å²) < 4.78 is 0. The Bertz CT molecular complexity index is 1040. The molecule has 0 saturated carbocycles. The number of aromatic nitrogens is 2. The van der Waals surface area contributed by atoms with Crippen LogP contribution in [0.15, 0.2) is 54.9 Å². The molecule has 0 saturated heterocycles. The van der Waals surface area contributed by atoms with Crippen LogP contribution >= 0.6 is 0 Å². The number of para-hydroxylation sites is 1. The Morgan fingerprint density at radius 1 is 1.17 bits per heavy atom. The summed E-state index contributed by atoms with van der Waals surface area (Å²) >= 11 is 0. The van der Waals surface area contributed by atoms with Crippen molar-refractivity contribution in [2.24, 2.45) is 5.92 Å². The first-order valence-corrected chi connectivity index (χ1v) is 10.3. The predicted octanol–water partition coefficient (Wildman–Crippen LogP) is 4.43. The summed E-state index contributed by atoms with van der Waals surface area (Å²) in [5.74, 6) is -0.293. The van der Waals surface area contributed by atoms with Gasteiger partial charge in [0.05, 0.1) is 22.9 Å². The largest absolute Gasteiger partial charge is 0.356 e. The van der Waals surface area contributed by atoms with E-state index in [1.54, 1.807) is 17.3 Å². The number of aromatic amines is 1. The van der Waals surface area contributed by atoms with Gasteiger partial charge in [-0.25, -0.2) is 0 Å². The molecule has 3 aromatic rings. The maximum Gasteiger partial charge on any atom is 0.226 e. The third-order valence-electron chi connectivity index (χ3n) is 5.54. The number of pyridine rings is 1. The molecule has 0 unspecified atom stereocenters. The molecule has 1 aliphatic carbocycles. The summed E-state index contributed by atoms with van der Waals surface area (Å²) in [6.45, 7) is 2.74. The van der Waals surface area contributed by atoms with Gasteiger partial charge in [0.15, 0.2) is 5.78 Å². The molecule has 0 aliphatic heterocycles. The summed E-state index contributed by atoms with van der Waals surface area (Å²) in [4.78, 5) is 35.3. The van der Waals surface area contributed by atoms with Crippen LogP contribution in [0.2, 0.25) is 0 Å². The Labute approximate surface area is 176 Å². The number of anilines is 2. The van der Waals surface area contributed by atoms with Crippen LogP contribution in [0.4, 0.5) is 11.4 Å². The van der Waals surface area contributed by atoms with Crippen molar-refractivity contribution >= 4 is 23.1 Å². The fraction of sp³-hybridized carbons (Fsp3) is 0.292. The number of amides is 1. The number of Topliss-reactive ketones (excluding diaryl/α,β-unsaturated/α-hetero) is 1. The average molecular weight is 402 g/mol. The van der Waals surface area contributed by atoms with Crippen molar-refractivity contribution in [1.82, 2.24) is 14.9 Å². The van der Waals surface area contributed by atoms with Gasteiger partial charge in [-0.05, 0) is 30.7 Å². The smallest absolute Gasteiger partial charge is 0.226 e. The zero-order chi connectivity index (χ0) is 21.1. The average Bonchev–Trinajstić information content (AvgIpc) is 3.13. The van der Waals surface area contributed by atoms with Crippen molar-refractivity contribution in [3.63, 3.8) is 0 Å². The van der Waals surface area contributed by atoms with E-state index in [0.29, 0.717) is 18.5 Å². The van der Waals surface area contributed by atoms with Gasteiger partial charge < -0.3 is 15.2 Å². The van der Waals surface area contributed by atoms with E-state index in [4.69, 9.17) is 0 Å². The number of rotatable bonds is 6. The SMILES string of the molecule is CCCN(C)C(=O)[C@@H]1CC(=O)c2c([nH]c(-c3ccncc3)c2Nc2ccccc2)C1. The standard InChI is InChI=1S/C24H26N4O2/c1-3-13-28(2)24(30)17-14-19-21(20(29)15-17)23(26-18-7-5-4-6-8-18)22(27-19)16-9-11-25-12-10-16/h4-12,17,26-27H,3,13-15H2,1-2H3/t17-/m0/s1. The van der Waals surface area contributed by atoms with Gasteiger partial charge in [-0.2, -0.15) is 0 Å². The number of carbonyl (C=O) groups excluding carboxylic acids is 2. The summed E-state index contributed by atoms with van der Waals surface area (Å²) in [6, 6.07) is 13.6. The number of benzene rings is 1. The van der Waals surface area contributed by atoms with Crippen molar-refractivity contribution in [1.29, 1.82) is 0 Å². The molecule has 1 aliphatic rings. The Morgan fingerprint density at radius 2 is 1.90 bits per heavy atom. The minimum Gasteiger partial charge on any atom is -0.356 e. The quantitative estimate of drug-likeness (QED) is 0.639. The van der Waals surface area contributed by atoms with Crippen molar-refractivity contribution < 1.29 is 9.59 Å². The van der Waals surface area contributed by atoms with E-state index in [0.717, 1.165) is 34.7 Å². The molecule has 6 nitrogen and oxygen atoms in total. The van der Waals surface area contributed by atoms with Crippen molar-refractivity contribution in [2.45, 2.75) is 26.2 Å². The number of nitrogens with zero attached hydrogens (tertiary/aromatic N) is 2. The topological polar surface area (TPSA) is 78.1 Å². The molecule has 0 bridgehead atoms. The van der Waals surface area contributed by atoms with Crippen LogP contribution in [0.1, 0.15) is 35.8 Å². The van der Waals surface area contributed by atoms with E-state index in [9.17, 15) is 9.59 Å². The van der Waals surface area contributed by atoms with Crippen molar-refractivity contribution in [3.8, 4) is 11.3 Å². The molecule has 1 aromatic carbocycles. The molecule has 0 fully saturated rings. The zero-order valence-electron chi connectivity index (χ0n) is 17.3. The van der Waals surface area contributed by atoms with E-state index >= 15 is 0 Å². The number of ketones is 1. The fourth-order valence-corrected chi connectivity index (χ4v) is 4.11. The van der Waals surface area contributed by atoms with E-state index in [1.807, 2.05) is 56.4 Å². The molecule has 0 spiro atoms. The van der Waals surface area contributed by atoms with Crippen LogP contribution in [0.5, 0.6) is 0 Å². The summed E-state index contributed by atoms with van der Waals surface area (Å²) in [7, 11) is 1.81. The van der Waals surface area contributed by atoms with Gasteiger partial charge in [0.25, 0.3) is 0 Å². The lowest BCUT2D eigenvalue weighted by molar-refractivity contribution is -0.134. The second-order valence-electron chi connectivity index (χ2n) is 7.74. The highest BCUT2D eigenvalue weighted by atomic mass is 16.2. The summed E-state index contributed by atoms with van der Waals surface area (Å²) in [6.07, 6.45) is 5.12. The maximum atomic E-state index is 13.2. The van der Waals surface area contributed by atoms with Gasteiger partial charge in [0, 0.05) is 55.8 Å². The minimum atomic E-state index is -0.324. The van der Waals surface area contributed by atoms with Gasteiger partial charge >= 0.3 is 0 Å². The van der Waals surface area contributed by atoms with Crippen molar-refractivity contribution in [2.75, 3.05) is 18.9 Å². The highest BCUT2D eigenvalue weighted by Crippen LogP contribution is 2.40. The molecule has 1 atom stereocenters. The fourth-order valence-electron chi connectivity index (χ4n) is 4.11. The number of nitrogens with one attached hydrogen (secondary N) is 2. The van der Waals surface area contributed by atoms with Crippen LogP contribution < -0.4 is 5.32 Å². The first-order valence-electron chi connectivity index (χ1n) is 10.3. The number of fused-ring (bicyclic) bond motifs is 1. The highest BCUT2D eigenvalue weighted by molar-refractivity contribution is 6.09. The summed E-state index contributed by atoms with van der Waals surface area (Å²) in [5.41, 5.74) is 4.93. The highest BCUT2D eigenvalue weighted by Gasteiger charge is 2.35. The van der Waals surface area contributed by atoms with Gasteiger partial charge in [0.1, 0.15) is 0 Å². The monoisotopic (exact) mass is 402 g/mol. The van der Waals surface area contributed by atoms with Gasteiger partial charge in [-0.15, -0.1) is 0 Å². The lowest BCUT2D eigenvalue weighted by atomic mass is 9.85. The van der Waals surface area contributed by atoms with E-state index in [1.165, 1.54) is 0 Å². The molecule has 30 heavy (non-hydrogen) atoms. The molecule has 4 rings (SSSR count). The van der Waals surface area contributed by atoms with Gasteiger partial charge in [0.2, 0.25) is 5.91 Å². The van der Waals surface area contributed by atoms with Crippen LogP contribution in [-0.2, 0) is 11.2 Å². The molecule has 6 heteroatoms.